The van der Waals surface area contributed by atoms with E-state index in [0.29, 0.717) is 30.1 Å². The first-order chi connectivity index (χ1) is 13.3. The third-order valence-corrected chi connectivity index (χ3v) is 5.58. The number of anilines is 1. The Labute approximate surface area is 173 Å². The number of carbonyl (C=O) groups excluding carboxylic acids is 1. The predicted octanol–water partition coefficient (Wildman–Crippen LogP) is 4.48. The van der Waals surface area contributed by atoms with E-state index in [2.05, 4.69) is 15.7 Å². The maximum absolute atomic E-state index is 13.4. The minimum absolute atomic E-state index is 0. The number of hydrogen-bond acceptors (Lipinski definition) is 3. The van der Waals surface area contributed by atoms with Crippen LogP contribution in [0.25, 0.3) is 5.69 Å². The zero-order valence-electron chi connectivity index (χ0n) is 16.0. The lowest BCUT2D eigenvalue weighted by molar-refractivity contribution is -0.137. The number of amides is 1. The molecule has 2 aliphatic heterocycles. The van der Waals surface area contributed by atoms with E-state index in [1.54, 1.807) is 13.0 Å². The molecule has 29 heavy (non-hydrogen) atoms. The van der Waals surface area contributed by atoms with E-state index in [4.69, 9.17) is 0 Å². The number of nitrogens with zero attached hydrogens (tertiary/aromatic N) is 2. The Balaban J connectivity index is 0.00000240. The molecule has 9 heteroatoms. The fourth-order valence-corrected chi connectivity index (χ4v) is 4.47. The van der Waals surface area contributed by atoms with Gasteiger partial charge < -0.3 is 10.6 Å². The van der Waals surface area contributed by atoms with Crippen LogP contribution in [0, 0.1) is 12.8 Å². The average Bonchev–Trinajstić information content (AvgIpc) is 3.15. The molecule has 0 saturated carbocycles. The molecule has 0 spiro atoms. The van der Waals surface area contributed by atoms with Crippen LogP contribution in [0.1, 0.15) is 43.4 Å². The van der Waals surface area contributed by atoms with E-state index in [1.165, 1.54) is 22.9 Å². The molecule has 1 aromatic heterocycles. The number of hydrogen-bond donors (Lipinski definition) is 2. The van der Waals surface area contributed by atoms with E-state index < -0.39 is 11.7 Å². The van der Waals surface area contributed by atoms with E-state index in [0.717, 1.165) is 31.7 Å². The molecular weight excluding hydrogens is 405 g/mol. The highest BCUT2D eigenvalue weighted by Gasteiger charge is 2.35. The van der Waals surface area contributed by atoms with Crippen LogP contribution in [-0.2, 0) is 11.0 Å². The number of alkyl halides is 3. The third kappa shape index (κ3) is 4.75. The molecule has 0 aliphatic carbocycles. The molecule has 1 aromatic carbocycles. The number of halogens is 4. The van der Waals surface area contributed by atoms with Crippen molar-refractivity contribution in [3.05, 3.63) is 41.6 Å². The molecule has 2 fully saturated rings. The van der Waals surface area contributed by atoms with Gasteiger partial charge in [-0.1, -0.05) is 12.1 Å². The second kappa shape index (κ2) is 8.36. The first kappa shape index (κ1) is 21.6. The minimum atomic E-state index is -4.51. The van der Waals surface area contributed by atoms with Gasteiger partial charge in [0.15, 0.2) is 0 Å². The van der Waals surface area contributed by atoms with Gasteiger partial charge in [0.2, 0.25) is 5.91 Å². The summed E-state index contributed by atoms with van der Waals surface area (Å²) in [6.07, 6.45) is 0.121. The maximum Gasteiger partial charge on any atom is 0.418 e. The summed E-state index contributed by atoms with van der Waals surface area (Å²) in [6.45, 7) is 1.69. The Bertz CT molecular complexity index is 871. The van der Waals surface area contributed by atoms with Crippen molar-refractivity contribution in [1.82, 2.24) is 15.1 Å². The van der Waals surface area contributed by atoms with Gasteiger partial charge in [-0.25, -0.2) is 4.68 Å². The number of aryl methyl sites for hydroxylation is 1. The Morgan fingerprint density at radius 1 is 1.24 bits per heavy atom. The Kier molecular flexibility index (Phi) is 6.24. The molecule has 5 nitrogen and oxygen atoms in total. The topological polar surface area (TPSA) is 59.0 Å². The van der Waals surface area contributed by atoms with Gasteiger partial charge in [-0.15, -0.1) is 12.4 Å². The van der Waals surface area contributed by atoms with Crippen molar-refractivity contribution in [2.24, 2.45) is 5.92 Å². The molecule has 2 atom stereocenters. The summed E-state index contributed by atoms with van der Waals surface area (Å²) in [5.74, 6) is 0.381. The van der Waals surface area contributed by atoms with Crippen LogP contribution in [0.4, 0.5) is 19.0 Å². The summed E-state index contributed by atoms with van der Waals surface area (Å²) in [7, 11) is 0. The van der Waals surface area contributed by atoms with Gasteiger partial charge in [0.05, 0.1) is 16.9 Å². The summed E-state index contributed by atoms with van der Waals surface area (Å²) >= 11 is 0. The van der Waals surface area contributed by atoms with Crippen LogP contribution in [0.5, 0.6) is 0 Å². The minimum Gasteiger partial charge on any atom is -0.311 e. The summed E-state index contributed by atoms with van der Waals surface area (Å²) in [6, 6.07) is 7.81. The number of carbonyl (C=O) groups is 1. The number of fused-ring (bicyclic) bond motifs is 2. The van der Waals surface area contributed by atoms with Crippen LogP contribution in [0.2, 0.25) is 0 Å². The lowest BCUT2D eigenvalue weighted by Gasteiger charge is -2.28. The second-order valence-corrected chi connectivity index (χ2v) is 7.83. The molecule has 2 aromatic rings. The number of rotatable bonds is 4. The zero-order valence-corrected chi connectivity index (χ0v) is 16.8. The Morgan fingerprint density at radius 3 is 2.55 bits per heavy atom. The number of nitrogens with one attached hydrogen (secondary N) is 2. The van der Waals surface area contributed by atoms with Crippen molar-refractivity contribution in [1.29, 1.82) is 0 Å². The lowest BCUT2D eigenvalue weighted by atomic mass is 9.89. The maximum atomic E-state index is 13.4. The van der Waals surface area contributed by atoms with E-state index in [9.17, 15) is 18.0 Å². The summed E-state index contributed by atoms with van der Waals surface area (Å²) in [5, 5.41) is 10.5. The average molecular weight is 429 g/mol. The van der Waals surface area contributed by atoms with Gasteiger partial charge in [-0.3, -0.25) is 4.79 Å². The highest BCUT2D eigenvalue weighted by Crippen LogP contribution is 2.35. The lowest BCUT2D eigenvalue weighted by Crippen LogP contribution is -2.39. The fraction of sp³-hybridized carbons (Fsp3) is 0.500. The van der Waals surface area contributed by atoms with Crippen molar-refractivity contribution >= 4 is 24.1 Å². The van der Waals surface area contributed by atoms with Crippen molar-refractivity contribution in [2.45, 2.75) is 57.3 Å². The largest absolute Gasteiger partial charge is 0.418 e. The zero-order chi connectivity index (χ0) is 19.9. The van der Waals surface area contributed by atoms with E-state index in [1.807, 2.05) is 0 Å². The molecule has 1 amide bonds. The normalized spacial score (nSPS) is 23.5. The van der Waals surface area contributed by atoms with Crippen LogP contribution < -0.4 is 10.6 Å². The van der Waals surface area contributed by atoms with Crippen molar-refractivity contribution in [2.75, 3.05) is 5.32 Å². The monoisotopic (exact) mass is 428 g/mol. The third-order valence-electron chi connectivity index (χ3n) is 5.58. The second-order valence-electron chi connectivity index (χ2n) is 7.83. The van der Waals surface area contributed by atoms with E-state index in [-0.39, 0.29) is 29.8 Å². The van der Waals surface area contributed by atoms with Crippen molar-refractivity contribution in [3.63, 3.8) is 0 Å². The number of para-hydroxylation sites is 1. The van der Waals surface area contributed by atoms with Gasteiger partial charge >= 0.3 is 6.18 Å². The quantitative estimate of drug-likeness (QED) is 0.754. The van der Waals surface area contributed by atoms with Crippen LogP contribution in [0.15, 0.2) is 30.3 Å². The summed E-state index contributed by atoms with van der Waals surface area (Å²) in [5.41, 5.74) is -0.353. The van der Waals surface area contributed by atoms with E-state index >= 15 is 0 Å². The number of piperidine rings is 1. The standard InChI is InChI=1S/C20H23F3N4O.ClH/c1-12-8-18(25-19(28)11-13-9-14-6-7-15(10-13)24-14)27(26-12)17-5-3-2-4-16(17)20(21,22)23;/h2-5,8,13-15,24H,6-7,9-11H2,1H3,(H,25,28);1H. The van der Waals surface area contributed by atoms with Gasteiger partial charge in [0.25, 0.3) is 0 Å². The van der Waals surface area contributed by atoms with Gasteiger partial charge in [-0.2, -0.15) is 18.3 Å². The number of benzene rings is 1. The van der Waals surface area contributed by atoms with Crippen LogP contribution >= 0.6 is 12.4 Å². The van der Waals surface area contributed by atoms with Gasteiger partial charge in [-0.05, 0) is 50.7 Å². The van der Waals surface area contributed by atoms with Crippen LogP contribution in [0.3, 0.4) is 0 Å². The van der Waals surface area contributed by atoms with Gasteiger partial charge in [0.1, 0.15) is 5.82 Å². The van der Waals surface area contributed by atoms with Crippen molar-refractivity contribution in [3.8, 4) is 5.69 Å². The molecule has 158 valence electrons. The molecule has 2 saturated heterocycles. The predicted molar refractivity (Wildman–Crippen MR) is 106 cm³/mol. The SMILES string of the molecule is Cc1cc(NC(=O)CC2CC3CCC(C2)N3)n(-c2ccccc2C(F)(F)F)n1.Cl. The van der Waals surface area contributed by atoms with Crippen molar-refractivity contribution < 1.29 is 18.0 Å². The highest BCUT2D eigenvalue weighted by atomic mass is 35.5. The molecule has 2 aliphatic rings. The summed E-state index contributed by atoms with van der Waals surface area (Å²) in [4.78, 5) is 12.6. The molecule has 4 rings (SSSR count). The van der Waals surface area contributed by atoms with Crippen LogP contribution in [-0.4, -0.2) is 27.8 Å². The Morgan fingerprint density at radius 2 is 1.90 bits per heavy atom. The molecule has 2 bridgehead atoms. The smallest absolute Gasteiger partial charge is 0.311 e. The molecule has 0 radical (unpaired) electrons. The number of aromatic nitrogens is 2. The summed E-state index contributed by atoms with van der Waals surface area (Å²) < 4.78 is 41.3. The first-order valence-electron chi connectivity index (χ1n) is 9.59. The molecule has 3 heterocycles. The molecule has 2 unspecified atom stereocenters. The fourth-order valence-electron chi connectivity index (χ4n) is 4.47. The molecular formula is C20H24ClF3N4O. The van der Waals surface area contributed by atoms with Gasteiger partial charge in [0, 0.05) is 24.6 Å². The Hall–Kier alpha value is -2.06. The molecule has 2 N–H and O–H groups in total. The highest BCUT2D eigenvalue weighted by molar-refractivity contribution is 5.90. The first-order valence-corrected chi connectivity index (χ1v) is 9.59.